The highest BCUT2D eigenvalue weighted by molar-refractivity contribution is 7.88. The summed E-state index contributed by atoms with van der Waals surface area (Å²) in [5.74, 6) is 0.721. The topological polar surface area (TPSA) is 91.8 Å². The van der Waals surface area contributed by atoms with Crippen LogP contribution < -0.4 is 15.4 Å². The summed E-state index contributed by atoms with van der Waals surface area (Å²) in [6.07, 6.45) is 8.76. The zero-order valence-corrected chi connectivity index (χ0v) is 17.7. The van der Waals surface area contributed by atoms with Crippen molar-refractivity contribution in [3.05, 3.63) is 0 Å². The summed E-state index contributed by atoms with van der Waals surface area (Å²) in [6.45, 7) is 6.98. The number of aliphatic imine (C=N–C) groups is 1. The molecule has 0 radical (unpaired) electrons. The second kappa shape index (κ2) is 8.44. The van der Waals surface area contributed by atoms with Gasteiger partial charge in [0.15, 0.2) is 5.96 Å². The maximum absolute atomic E-state index is 11.5. The third-order valence-corrected chi connectivity index (χ3v) is 6.55. The van der Waals surface area contributed by atoms with Crippen molar-refractivity contribution in [1.82, 2.24) is 15.4 Å². The molecule has 1 spiro atoms. The van der Waals surface area contributed by atoms with Crippen molar-refractivity contribution in [2.24, 2.45) is 10.4 Å². The van der Waals surface area contributed by atoms with Crippen LogP contribution in [0.4, 0.5) is 0 Å². The Morgan fingerprint density at radius 3 is 2.46 bits per heavy atom. The smallest absolute Gasteiger partial charge is 0.209 e. The molecule has 8 heteroatoms. The Kier molecular flexibility index (Phi) is 6.96. The van der Waals surface area contributed by atoms with Crippen LogP contribution in [-0.2, 0) is 14.8 Å². The fraction of sp³-hybridized carbons (Fsp3) is 0.944. The number of rotatable bonds is 7. The minimum absolute atomic E-state index is 0.215. The summed E-state index contributed by atoms with van der Waals surface area (Å²) < 4.78 is 31.6. The fourth-order valence-corrected chi connectivity index (χ4v) is 5.54. The lowest BCUT2D eigenvalue weighted by atomic mass is 9.55. The van der Waals surface area contributed by atoms with Crippen molar-refractivity contribution < 1.29 is 13.2 Å². The quantitative estimate of drug-likeness (QED) is 0.455. The molecular formula is C18H36N4O3S. The highest BCUT2D eigenvalue weighted by Gasteiger charge is 2.55. The van der Waals surface area contributed by atoms with E-state index < -0.39 is 15.6 Å². The highest BCUT2D eigenvalue weighted by atomic mass is 32.2. The van der Waals surface area contributed by atoms with Crippen molar-refractivity contribution in [3.63, 3.8) is 0 Å². The van der Waals surface area contributed by atoms with E-state index in [1.54, 1.807) is 7.05 Å². The number of hydrogen-bond donors (Lipinski definition) is 3. The normalized spacial score (nSPS) is 26.4. The number of ether oxygens (including phenoxy) is 1. The van der Waals surface area contributed by atoms with Gasteiger partial charge in [-0.05, 0) is 40.0 Å². The Bertz CT molecular complexity index is 598. The predicted octanol–water partition coefficient (Wildman–Crippen LogP) is 1.61. The van der Waals surface area contributed by atoms with Gasteiger partial charge in [-0.25, -0.2) is 13.1 Å². The maximum atomic E-state index is 11.5. The standard InChI is InChI=1S/C18H36N4O3S/c1-6-25-15-12-14(18(15)10-8-7-9-11-18)21-16(19-4)20-13-17(2,3)22-26(5,23)24/h14-15,22H,6-13H2,1-5H3,(H2,19,20,21). The third-order valence-electron chi connectivity index (χ3n) is 5.63. The van der Waals surface area contributed by atoms with Crippen LogP contribution in [0.1, 0.15) is 59.3 Å². The molecule has 0 aromatic rings. The van der Waals surface area contributed by atoms with Crippen molar-refractivity contribution in [1.29, 1.82) is 0 Å². The molecule has 0 amide bonds. The minimum atomic E-state index is -3.26. The van der Waals surface area contributed by atoms with Gasteiger partial charge in [-0.15, -0.1) is 0 Å². The van der Waals surface area contributed by atoms with Crippen LogP contribution in [0.25, 0.3) is 0 Å². The summed E-state index contributed by atoms with van der Waals surface area (Å²) in [4.78, 5) is 4.33. The Morgan fingerprint density at radius 2 is 1.92 bits per heavy atom. The molecule has 0 aromatic heterocycles. The number of hydrogen-bond acceptors (Lipinski definition) is 4. The largest absolute Gasteiger partial charge is 0.378 e. The van der Waals surface area contributed by atoms with E-state index in [-0.39, 0.29) is 5.41 Å². The summed E-state index contributed by atoms with van der Waals surface area (Å²) in [6, 6.07) is 0.358. The maximum Gasteiger partial charge on any atom is 0.209 e. The molecule has 2 rings (SSSR count). The molecule has 2 aliphatic carbocycles. The Labute approximate surface area is 158 Å². The lowest BCUT2D eigenvalue weighted by molar-refractivity contribution is -0.145. The van der Waals surface area contributed by atoms with Crippen LogP contribution in [-0.4, -0.2) is 58.5 Å². The van der Waals surface area contributed by atoms with Crippen LogP contribution in [0, 0.1) is 5.41 Å². The Balaban J connectivity index is 1.95. The molecule has 0 aromatic carbocycles. The van der Waals surface area contributed by atoms with Gasteiger partial charge >= 0.3 is 0 Å². The first-order chi connectivity index (χ1) is 12.1. The summed E-state index contributed by atoms with van der Waals surface area (Å²) in [5.41, 5.74) is -0.381. The van der Waals surface area contributed by atoms with E-state index in [0.29, 0.717) is 18.7 Å². The summed E-state index contributed by atoms with van der Waals surface area (Å²) in [5, 5.41) is 6.84. The number of guanidine groups is 1. The average molecular weight is 389 g/mol. The van der Waals surface area contributed by atoms with Gasteiger partial charge in [0.1, 0.15) is 0 Å². The van der Waals surface area contributed by atoms with Gasteiger partial charge in [0.05, 0.1) is 12.4 Å². The monoisotopic (exact) mass is 388 g/mol. The van der Waals surface area contributed by atoms with Crippen LogP contribution >= 0.6 is 0 Å². The van der Waals surface area contributed by atoms with Gasteiger partial charge in [-0.1, -0.05) is 19.3 Å². The molecule has 2 fully saturated rings. The minimum Gasteiger partial charge on any atom is -0.378 e. The molecule has 0 saturated heterocycles. The molecule has 2 unspecified atom stereocenters. The second-order valence-corrected chi connectivity index (χ2v) is 10.1. The number of nitrogens with one attached hydrogen (secondary N) is 3. The number of nitrogens with zero attached hydrogens (tertiary/aromatic N) is 1. The Morgan fingerprint density at radius 1 is 1.27 bits per heavy atom. The van der Waals surface area contributed by atoms with Gasteiger partial charge < -0.3 is 15.4 Å². The van der Waals surface area contributed by atoms with Crippen LogP contribution in [0.15, 0.2) is 4.99 Å². The van der Waals surface area contributed by atoms with E-state index in [9.17, 15) is 8.42 Å². The van der Waals surface area contributed by atoms with E-state index in [4.69, 9.17) is 4.74 Å². The molecule has 7 nitrogen and oxygen atoms in total. The van der Waals surface area contributed by atoms with Crippen LogP contribution in [0.3, 0.4) is 0 Å². The number of sulfonamides is 1. The predicted molar refractivity (Wildman–Crippen MR) is 106 cm³/mol. The van der Waals surface area contributed by atoms with E-state index in [0.717, 1.165) is 19.0 Å². The first kappa shape index (κ1) is 21.4. The van der Waals surface area contributed by atoms with E-state index in [2.05, 4.69) is 27.3 Å². The lowest BCUT2D eigenvalue weighted by Crippen LogP contribution is -2.67. The van der Waals surface area contributed by atoms with E-state index >= 15 is 0 Å². The zero-order valence-electron chi connectivity index (χ0n) is 16.9. The molecule has 2 saturated carbocycles. The second-order valence-electron chi connectivity index (χ2n) is 8.35. The van der Waals surface area contributed by atoms with Gasteiger partial charge in [0.2, 0.25) is 10.0 Å². The van der Waals surface area contributed by atoms with Crippen molar-refractivity contribution in [3.8, 4) is 0 Å². The molecule has 0 aliphatic heterocycles. The third kappa shape index (κ3) is 5.33. The molecule has 2 aliphatic rings. The molecule has 2 atom stereocenters. The summed E-state index contributed by atoms with van der Waals surface area (Å²) >= 11 is 0. The SMILES string of the molecule is CCOC1CC(NC(=NC)NCC(C)(C)NS(C)(=O)=O)C12CCCCC2. The molecule has 3 N–H and O–H groups in total. The fourth-order valence-electron chi connectivity index (χ4n) is 4.47. The molecule has 0 heterocycles. The molecule has 26 heavy (non-hydrogen) atoms. The lowest BCUT2D eigenvalue weighted by Gasteiger charge is -2.58. The van der Waals surface area contributed by atoms with Gasteiger partial charge in [0, 0.05) is 37.2 Å². The van der Waals surface area contributed by atoms with E-state index in [1.807, 2.05) is 13.8 Å². The first-order valence-electron chi connectivity index (χ1n) is 9.69. The Hall–Kier alpha value is -0.860. The van der Waals surface area contributed by atoms with Gasteiger partial charge in [-0.2, -0.15) is 0 Å². The summed E-state index contributed by atoms with van der Waals surface area (Å²) in [7, 11) is -1.51. The van der Waals surface area contributed by atoms with Crippen molar-refractivity contribution >= 4 is 16.0 Å². The highest BCUT2D eigenvalue weighted by Crippen LogP contribution is 2.53. The zero-order chi connectivity index (χ0) is 19.4. The van der Waals surface area contributed by atoms with Crippen molar-refractivity contribution in [2.75, 3.05) is 26.5 Å². The average Bonchev–Trinajstić information content (AvgIpc) is 2.55. The molecule has 152 valence electrons. The molecule has 0 bridgehead atoms. The first-order valence-corrected chi connectivity index (χ1v) is 11.6. The van der Waals surface area contributed by atoms with Crippen LogP contribution in [0.5, 0.6) is 0 Å². The van der Waals surface area contributed by atoms with E-state index in [1.165, 1.54) is 38.4 Å². The van der Waals surface area contributed by atoms with Gasteiger partial charge in [-0.3, -0.25) is 4.99 Å². The van der Waals surface area contributed by atoms with Crippen molar-refractivity contribution in [2.45, 2.75) is 77.0 Å². The van der Waals surface area contributed by atoms with Gasteiger partial charge in [0.25, 0.3) is 0 Å². The van der Waals surface area contributed by atoms with Crippen LogP contribution in [0.2, 0.25) is 0 Å². The molecular weight excluding hydrogens is 352 g/mol.